The third kappa shape index (κ3) is 7.76. The van der Waals surface area contributed by atoms with Gasteiger partial charge in [-0.25, -0.2) is 14.6 Å². The fraction of sp³-hybridized carbons (Fsp3) is 0.258. The zero-order chi connectivity index (χ0) is 30.1. The molecule has 0 bridgehead atoms. The maximum Gasteiger partial charge on any atom is 0.338 e. The van der Waals surface area contributed by atoms with Crippen LogP contribution in [0.5, 0.6) is 5.75 Å². The number of carbonyl (C=O) groups excluding carboxylic acids is 4. The second kappa shape index (κ2) is 14.3. The standard InChI is InChI=1S/C31H31N3O7S/c1-4-41-30(38)22-9-13-24(14-10-22)33-31-34(18-17-20-5-15-25(39-2)16-6-20)27(35)19-26(42-31)28(36)32-23-11-7-21(8-12-23)29(37)40-3/h5-16,26H,4,17-19H2,1-3H3,(H,32,36)/t26-/m1/s1. The molecule has 0 radical (unpaired) electrons. The van der Waals surface area contributed by atoms with Crippen LogP contribution in [-0.4, -0.2) is 66.4 Å². The summed E-state index contributed by atoms with van der Waals surface area (Å²) < 4.78 is 15.0. The van der Waals surface area contributed by atoms with Crippen LogP contribution in [0.4, 0.5) is 11.4 Å². The van der Waals surface area contributed by atoms with E-state index in [2.05, 4.69) is 5.32 Å². The number of hydrogen-bond acceptors (Lipinski definition) is 9. The van der Waals surface area contributed by atoms with Crippen molar-refractivity contribution in [1.82, 2.24) is 4.90 Å². The fourth-order valence-corrected chi connectivity index (χ4v) is 5.25. The number of thioether (sulfide) groups is 1. The van der Waals surface area contributed by atoms with Gasteiger partial charge in [0, 0.05) is 18.7 Å². The first-order valence-corrected chi connectivity index (χ1v) is 14.1. The van der Waals surface area contributed by atoms with Crippen molar-refractivity contribution in [3.8, 4) is 5.75 Å². The van der Waals surface area contributed by atoms with Gasteiger partial charge in [0.1, 0.15) is 11.0 Å². The van der Waals surface area contributed by atoms with Gasteiger partial charge in [-0.05, 0) is 79.6 Å². The molecule has 1 aliphatic heterocycles. The van der Waals surface area contributed by atoms with Crippen LogP contribution < -0.4 is 10.1 Å². The van der Waals surface area contributed by atoms with Gasteiger partial charge in [-0.15, -0.1) is 0 Å². The number of ether oxygens (including phenoxy) is 3. The molecule has 0 aliphatic carbocycles. The Hall–Kier alpha value is -4.64. The van der Waals surface area contributed by atoms with Crippen LogP contribution >= 0.6 is 11.8 Å². The van der Waals surface area contributed by atoms with E-state index in [1.54, 1.807) is 67.5 Å². The number of benzene rings is 3. The summed E-state index contributed by atoms with van der Waals surface area (Å²) in [5, 5.41) is 2.47. The Kier molecular flexibility index (Phi) is 10.3. The van der Waals surface area contributed by atoms with Crippen molar-refractivity contribution in [2.45, 2.75) is 25.0 Å². The van der Waals surface area contributed by atoms with Crippen molar-refractivity contribution in [1.29, 1.82) is 0 Å². The van der Waals surface area contributed by atoms with Crippen LogP contribution in [0.1, 0.15) is 39.6 Å². The Labute approximate surface area is 248 Å². The Balaban J connectivity index is 1.54. The number of anilines is 1. The maximum atomic E-state index is 13.4. The molecule has 3 aromatic carbocycles. The predicted octanol–water partition coefficient (Wildman–Crippen LogP) is 4.86. The van der Waals surface area contributed by atoms with Gasteiger partial charge < -0.3 is 19.5 Å². The van der Waals surface area contributed by atoms with Crippen molar-refractivity contribution >= 4 is 52.1 Å². The summed E-state index contributed by atoms with van der Waals surface area (Å²) in [4.78, 5) is 56.6. The maximum absolute atomic E-state index is 13.4. The second-order valence-electron chi connectivity index (χ2n) is 9.17. The minimum Gasteiger partial charge on any atom is -0.497 e. The van der Waals surface area contributed by atoms with Crippen LogP contribution in [0.2, 0.25) is 0 Å². The summed E-state index contributed by atoms with van der Waals surface area (Å²) in [7, 11) is 2.90. The minimum absolute atomic E-state index is 0.0137. The van der Waals surface area contributed by atoms with Crippen LogP contribution in [0.3, 0.4) is 0 Å². The molecule has 0 unspecified atom stereocenters. The largest absolute Gasteiger partial charge is 0.497 e. The lowest BCUT2D eigenvalue weighted by Crippen LogP contribution is -2.46. The highest BCUT2D eigenvalue weighted by Gasteiger charge is 2.36. The first-order valence-electron chi connectivity index (χ1n) is 13.3. The lowest BCUT2D eigenvalue weighted by molar-refractivity contribution is -0.129. The molecule has 1 fully saturated rings. The summed E-state index contributed by atoms with van der Waals surface area (Å²) in [6.07, 6.45) is 0.556. The number of methoxy groups -OCH3 is 2. The second-order valence-corrected chi connectivity index (χ2v) is 10.3. The Bertz CT molecular complexity index is 1460. The van der Waals surface area contributed by atoms with Crippen molar-refractivity contribution in [3.05, 3.63) is 89.5 Å². The molecule has 218 valence electrons. The normalized spacial score (nSPS) is 15.7. The van der Waals surface area contributed by atoms with Gasteiger partial charge in [-0.1, -0.05) is 23.9 Å². The molecule has 1 N–H and O–H groups in total. The van der Waals surface area contributed by atoms with Crippen molar-refractivity contribution in [3.63, 3.8) is 0 Å². The van der Waals surface area contributed by atoms with Gasteiger partial charge in [-0.3, -0.25) is 14.5 Å². The van der Waals surface area contributed by atoms with Gasteiger partial charge in [0.25, 0.3) is 0 Å². The molecule has 0 saturated carbocycles. The number of nitrogens with one attached hydrogen (secondary N) is 1. The smallest absolute Gasteiger partial charge is 0.338 e. The average molecular weight is 590 g/mol. The van der Waals surface area contributed by atoms with E-state index in [0.29, 0.717) is 40.6 Å². The van der Waals surface area contributed by atoms with Gasteiger partial charge in [-0.2, -0.15) is 0 Å². The van der Waals surface area contributed by atoms with Crippen molar-refractivity contribution in [2.24, 2.45) is 4.99 Å². The van der Waals surface area contributed by atoms with Gasteiger partial charge in [0.15, 0.2) is 5.17 Å². The fourth-order valence-electron chi connectivity index (χ4n) is 4.12. The van der Waals surface area contributed by atoms with E-state index < -0.39 is 17.2 Å². The molecule has 0 aromatic heterocycles. The lowest BCUT2D eigenvalue weighted by atomic mass is 10.1. The molecule has 1 heterocycles. The van der Waals surface area contributed by atoms with Gasteiger partial charge in [0.05, 0.1) is 37.6 Å². The highest BCUT2D eigenvalue weighted by Crippen LogP contribution is 2.30. The Morgan fingerprint density at radius 3 is 2.19 bits per heavy atom. The molecule has 4 rings (SSSR count). The number of amides is 2. The summed E-state index contributed by atoms with van der Waals surface area (Å²) in [5.41, 5.74) is 2.76. The molecule has 42 heavy (non-hydrogen) atoms. The summed E-state index contributed by atoms with van der Waals surface area (Å²) in [6.45, 7) is 2.37. The molecule has 1 saturated heterocycles. The predicted molar refractivity (Wildman–Crippen MR) is 160 cm³/mol. The first kappa shape index (κ1) is 30.3. The molecule has 3 aromatic rings. The van der Waals surface area contributed by atoms with E-state index in [9.17, 15) is 19.2 Å². The quantitative estimate of drug-likeness (QED) is 0.333. The Morgan fingerprint density at radius 2 is 1.57 bits per heavy atom. The van der Waals surface area contributed by atoms with Gasteiger partial charge in [0.2, 0.25) is 11.8 Å². The zero-order valence-electron chi connectivity index (χ0n) is 23.5. The topological polar surface area (TPSA) is 124 Å². The zero-order valence-corrected chi connectivity index (χ0v) is 24.3. The van der Waals surface area contributed by atoms with Crippen LogP contribution in [-0.2, 0) is 25.5 Å². The molecule has 11 heteroatoms. The average Bonchev–Trinajstić information content (AvgIpc) is 3.01. The molecule has 1 atom stereocenters. The van der Waals surface area contributed by atoms with Crippen molar-refractivity contribution < 1.29 is 33.4 Å². The number of carbonyl (C=O) groups is 4. The highest BCUT2D eigenvalue weighted by molar-refractivity contribution is 8.15. The minimum atomic E-state index is -0.729. The van der Waals surface area contributed by atoms with Gasteiger partial charge >= 0.3 is 11.9 Å². The number of rotatable bonds is 10. The lowest BCUT2D eigenvalue weighted by Gasteiger charge is -2.32. The van der Waals surface area contributed by atoms with Crippen molar-refractivity contribution in [2.75, 3.05) is 32.7 Å². The van der Waals surface area contributed by atoms with Crippen LogP contribution in [0, 0.1) is 0 Å². The van der Waals surface area contributed by atoms with E-state index in [-0.39, 0.29) is 24.8 Å². The van der Waals surface area contributed by atoms with E-state index >= 15 is 0 Å². The van der Waals surface area contributed by atoms with Crippen LogP contribution in [0.25, 0.3) is 0 Å². The van der Waals surface area contributed by atoms with E-state index in [1.807, 2.05) is 24.3 Å². The summed E-state index contributed by atoms with van der Waals surface area (Å²) in [6, 6.07) is 20.4. The van der Waals surface area contributed by atoms with Crippen LogP contribution in [0.15, 0.2) is 77.8 Å². The summed E-state index contributed by atoms with van der Waals surface area (Å²) in [5.74, 6) is -0.765. The Morgan fingerprint density at radius 1 is 0.929 bits per heavy atom. The third-order valence-corrected chi connectivity index (χ3v) is 7.58. The first-order chi connectivity index (χ1) is 20.3. The number of esters is 2. The van der Waals surface area contributed by atoms with E-state index in [0.717, 1.165) is 11.3 Å². The number of nitrogens with zero attached hydrogens (tertiary/aromatic N) is 2. The monoisotopic (exact) mass is 589 g/mol. The molecule has 2 amide bonds. The summed E-state index contributed by atoms with van der Waals surface area (Å²) >= 11 is 1.19. The molecule has 10 nitrogen and oxygen atoms in total. The molecule has 0 spiro atoms. The van der Waals surface area contributed by atoms with E-state index in [4.69, 9.17) is 19.2 Å². The van der Waals surface area contributed by atoms with E-state index in [1.165, 1.54) is 18.9 Å². The number of hydrogen-bond donors (Lipinski definition) is 1. The number of aliphatic imine (C=N–C) groups is 1. The third-order valence-electron chi connectivity index (χ3n) is 6.39. The molecule has 1 aliphatic rings. The number of amidine groups is 1. The SMILES string of the molecule is CCOC(=O)c1ccc(N=C2S[C@@H](C(=O)Nc3ccc(C(=O)OC)cc3)CC(=O)N2CCc2ccc(OC)cc2)cc1. The highest BCUT2D eigenvalue weighted by atomic mass is 32.2. The molecular formula is C31H31N3O7S. The molecular weight excluding hydrogens is 558 g/mol.